The van der Waals surface area contributed by atoms with Gasteiger partial charge in [0.15, 0.2) is 0 Å². The van der Waals surface area contributed by atoms with Crippen molar-refractivity contribution >= 4 is 17.2 Å². The number of carbonyl (C=O) groups is 1. The molecule has 3 N–H and O–H groups in total. The molecule has 1 amide bonds. The van der Waals surface area contributed by atoms with Crippen LogP contribution < -0.4 is 11.1 Å². The lowest BCUT2D eigenvalue weighted by Crippen LogP contribution is -2.38. The van der Waals surface area contributed by atoms with Gasteiger partial charge in [-0.1, -0.05) is 30.3 Å². The molecule has 0 bridgehead atoms. The van der Waals surface area contributed by atoms with Gasteiger partial charge in [0.05, 0.1) is 5.01 Å². The van der Waals surface area contributed by atoms with Gasteiger partial charge in [0.25, 0.3) is 5.91 Å². The number of nitrogens with one attached hydrogen (secondary N) is 1. The second-order valence-electron chi connectivity index (χ2n) is 5.50. The highest BCUT2D eigenvalue weighted by molar-refractivity contribution is 7.09. The van der Waals surface area contributed by atoms with Crippen LogP contribution in [0.2, 0.25) is 0 Å². The van der Waals surface area contributed by atoms with E-state index in [1.807, 2.05) is 23.6 Å². The zero-order valence-electron chi connectivity index (χ0n) is 11.8. The van der Waals surface area contributed by atoms with Gasteiger partial charge in [-0.3, -0.25) is 4.79 Å². The van der Waals surface area contributed by atoms with Gasteiger partial charge in [-0.25, -0.2) is 4.98 Å². The van der Waals surface area contributed by atoms with Gasteiger partial charge in [0, 0.05) is 24.4 Å². The number of nitrogens with zero attached hydrogens (tertiary/aromatic N) is 1. The van der Waals surface area contributed by atoms with Crippen molar-refractivity contribution in [2.45, 2.75) is 25.3 Å². The largest absolute Gasteiger partial charge is 0.349 e. The van der Waals surface area contributed by atoms with E-state index in [4.69, 9.17) is 5.73 Å². The van der Waals surface area contributed by atoms with Crippen LogP contribution in [0.1, 0.15) is 33.9 Å². The maximum atomic E-state index is 12.0. The summed E-state index contributed by atoms with van der Waals surface area (Å²) in [6.07, 6.45) is 3.14. The van der Waals surface area contributed by atoms with Crippen LogP contribution in [0.4, 0.5) is 0 Å². The fraction of sp³-hybridized carbons (Fsp3) is 0.375. The molecule has 4 nitrogen and oxygen atoms in total. The van der Waals surface area contributed by atoms with E-state index in [9.17, 15) is 4.79 Å². The number of benzene rings is 1. The molecule has 1 heterocycles. The summed E-state index contributed by atoms with van der Waals surface area (Å²) >= 11 is 1.52. The average Bonchev–Trinajstić information content (AvgIpc) is 3.26. The minimum absolute atomic E-state index is 0.0800. The van der Waals surface area contributed by atoms with Crippen molar-refractivity contribution < 1.29 is 4.79 Å². The van der Waals surface area contributed by atoms with Crippen molar-refractivity contribution in [3.05, 3.63) is 52.0 Å². The number of aromatic nitrogens is 1. The van der Waals surface area contributed by atoms with Crippen molar-refractivity contribution in [3.63, 3.8) is 0 Å². The second-order valence-corrected chi connectivity index (χ2v) is 6.44. The van der Waals surface area contributed by atoms with E-state index in [1.54, 1.807) is 0 Å². The number of nitrogens with two attached hydrogens (primary N) is 1. The Kier molecular flexibility index (Phi) is 4.31. The SMILES string of the molecule is NC(CNC(=O)c1csc(Cc2ccccc2)n1)C1CC1. The van der Waals surface area contributed by atoms with Crippen LogP contribution in [0, 0.1) is 5.92 Å². The zero-order valence-corrected chi connectivity index (χ0v) is 12.6. The molecule has 1 atom stereocenters. The number of hydrogen-bond acceptors (Lipinski definition) is 4. The Balaban J connectivity index is 1.55. The smallest absolute Gasteiger partial charge is 0.270 e. The molecule has 1 aliphatic carbocycles. The predicted molar refractivity (Wildman–Crippen MR) is 84.4 cm³/mol. The van der Waals surface area contributed by atoms with Gasteiger partial charge in [0.1, 0.15) is 5.69 Å². The summed E-state index contributed by atoms with van der Waals surface area (Å²) in [5.74, 6) is 0.469. The highest BCUT2D eigenvalue weighted by atomic mass is 32.1. The van der Waals surface area contributed by atoms with Crippen LogP contribution in [0.5, 0.6) is 0 Å². The minimum atomic E-state index is -0.123. The Morgan fingerprint density at radius 2 is 2.14 bits per heavy atom. The third-order valence-corrected chi connectivity index (χ3v) is 4.56. The molecule has 1 unspecified atom stereocenters. The summed E-state index contributed by atoms with van der Waals surface area (Å²) in [6, 6.07) is 10.2. The summed E-state index contributed by atoms with van der Waals surface area (Å²) in [4.78, 5) is 16.4. The summed E-state index contributed by atoms with van der Waals surface area (Å²) in [6.45, 7) is 0.537. The Bertz CT molecular complexity index is 607. The van der Waals surface area contributed by atoms with Crippen LogP contribution in [0.25, 0.3) is 0 Å². The topological polar surface area (TPSA) is 68.0 Å². The monoisotopic (exact) mass is 301 g/mol. The first-order valence-corrected chi connectivity index (χ1v) is 8.12. The van der Waals surface area contributed by atoms with Gasteiger partial charge < -0.3 is 11.1 Å². The van der Waals surface area contributed by atoms with Crippen molar-refractivity contribution in [1.29, 1.82) is 0 Å². The molecule has 1 fully saturated rings. The van der Waals surface area contributed by atoms with E-state index in [2.05, 4.69) is 22.4 Å². The van der Waals surface area contributed by atoms with Crippen LogP contribution in [-0.4, -0.2) is 23.5 Å². The Morgan fingerprint density at radius 3 is 2.86 bits per heavy atom. The van der Waals surface area contributed by atoms with E-state index in [0.717, 1.165) is 11.4 Å². The maximum Gasteiger partial charge on any atom is 0.270 e. The lowest BCUT2D eigenvalue weighted by molar-refractivity contribution is 0.0946. The van der Waals surface area contributed by atoms with Crippen LogP contribution in [0.15, 0.2) is 35.7 Å². The number of amides is 1. The van der Waals surface area contributed by atoms with Crippen LogP contribution >= 0.6 is 11.3 Å². The average molecular weight is 301 g/mol. The van der Waals surface area contributed by atoms with E-state index >= 15 is 0 Å². The van der Waals surface area contributed by atoms with Crippen molar-refractivity contribution in [3.8, 4) is 0 Å². The van der Waals surface area contributed by atoms with E-state index in [1.165, 1.54) is 29.7 Å². The maximum absolute atomic E-state index is 12.0. The van der Waals surface area contributed by atoms with E-state index in [0.29, 0.717) is 18.2 Å². The quantitative estimate of drug-likeness (QED) is 0.859. The van der Waals surface area contributed by atoms with Crippen LogP contribution in [-0.2, 0) is 6.42 Å². The molecule has 2 aromatic rings. The molecular formula is C16H19N3OS. The van der Waals surface area contributed by atoms with E-state index < -0.39 is 0 Å². The number of hydrogen-bond donors (Lipinski definition) is 2. The lowest BCUT2D eigenvalue weighted by Gasteiger charge is -2.10. The first kappa shape index (κ1) is 14.2. The first-order chi connectivity index (χ1) is 10.2. The molecule has 21 heavy (non-hydrogen) atoms. The first-order valence-electron chi connectivity index (χ1n) is 7.24. The minimum Gasteiger partial charge on any atom is -0.349 e. The van der Waals surface area contributed by atoms with E-state index in [-0.39, 0.29) is 11.9 Å². The van der Waals surface area contributed by atoms with Crippen molar-refractivity contribution in [2.75, 3.05) is 6.54 Å². The number of carbonyl (C=O) groups excluding carboxylic acids is 1. The molecule has 3 rings (SSSR count). The molecule has 1 aromatic heterocycles. The molecule has 1 aromatic carbocycles. The fourth-order valence-electron chi connectivity index (χ4n) is 2.26. The summed E-state index contributed by atoms with van der Waals surface area (Å²) < 4.78 is 0. The molecule has 5 heteroatoms. The Morgan fingerprint density at radius 1 is 1.38 bits per heavy atom. The molecule has 1 saturated carbocycles. The van der Waals surface area contributed by atoms with Crippen LogP contribution in [0.3, 0.4) is 0 Å². The predicted octanol–water partition coefficient (Wildman–Crippen LogP) is 2.20. The zero-order chi connectivity index (χ0) is 14.7. The van der Waals surface area contributed by atoms with Gasteiger partial charge in [-0.2, -0.15) is 0 Å². The molecular weight excluding hydrogens is 282 g/mol. The van der Waals surface area contributed by atoms with Gasteiger partial charge >= 0.3 is 0 Å². The molecule has 1 aliphatic rings. The molecule has 0 aliphatic heterocycles. The third kappa shape index (κ3) is 3.89. The van der Waals surface area contributed by atoms with Gasteiger partial charge in [0.2, 0.25) is 0 Å². The summed E-state index contributed by atoms with van der Waals surface area (Å²) in [7, 11) is 0. The highest BCUT2D eigenvalue weighted by Gasteiger charge is 2.28. The summed E-state index contributed by atoms with van der Waals surface area (Å²) in [5, 5.41) is 5.65. The summed E-state index contributed by atoms with van der Waals surface area (Å²) in [5.41, 5.74) is 7.68. The number of thiazole rings is 1. The van der Waals surface area contributed by atoms with Gasteiger partial charge in [-0.05, 0) is 24.3 Å². The second kappa shape index (κ2) is 6.37. The Hall–Kier alpha value is -1.72. The fourth-order valence-corrected chi connectivity index (χ4v) is 3.07. The van der Waals surface area contributed by atoms with Gasteiger partial charge in [-0.15, -0.1) is 11.3 Å². The lowest BCUT2D eigenvalue weighted by atomic mass is 10.2. The number of rotatable bonds is 6. The standard InChI is InChI=1S/C16H19N3OS/c17-13(12-6-7-12)9-18-16(20)14-10-21-15(19-14)8-11-4-2-1-3-5-11/h1-5,10,12-13H,6-9,17H2,(H,18,20). The molecule has 0 radical (unpaired) electrons. The molecule has 0 saturated heterocycles. The third-order valence-electron chi connectivity index (χ3n) is 3.71. The molecule has 0 spiro atoms. The Labute approximate surface area is 128 Å². The molecule has 110 valence electrons. The van der Waals surface area contributed by atoms with Crippen molar-refractivity contribution in [1.82, 2.24) is 10.3 Å². The normalized spacial score (nSPS) is 15.7. The van der Waals surface area contributed by atoms with Crippen molar-refractivity contribution in [2.24, 2.45) is 11.7 Å². The highest BCUT2D eigenvalue weighted by Crippen LogP contribution is 2.31.